The Labute approximate surface area is 110 Å². The number of allylic oxidation sites excluding steroid dienone is 1. The Bertz CT molecular complexity index is 481. The summed E-state index contributed by atoms with van der Waals surface area (Å²) in [6.45, 7) is 11.4. The first-order valence-electron chi connectivity index (χ1n) is 6.36. The fourth-order valence-electron chi connectivity index (χ4n) is 2.31. The number of sulfonamides is 1. The minimum absolute atomic E-state index is 0.0802. The first-order valence-corrected chi connectivity index (χ1v) is 7.80. The molecule has 0 radical (unpaired) electrons. The van der Waals surface area contributed by atoms with Gasteiger partial charge in [0.2, 0.25) is 0 Å². The lowest BCUT2D eigenvalue weighted by molar-refractivity contribution is -0.122. The van der Waals surface area contributed by atoms with Crippen molar-refractivity contribution in [1.82, 2.24) is 4.31 Å². The molecule has 0 unspecified atom stereocenters. The van der Waals surface area contributed by atoms with E-state index in [1.807, 2.05) is 41.5 Å². The Morgan fingerprint density at radius 2 is 1.72 bits per heavy atom. The van der Waals surface area contributed by atoms with Crippen LogP contribution in [0.1, 0.15) is 48.0 Å². The van der Waals surface area contributed by atoms with Crippen LogP contribution in [0.2, 0.25) is 0 Å². The molecule has 0 aromatic heterocycles. The van der Waals surface area contributed by atoms with Crippen LogP contribution in [0.25, 0.3) is 0 Å². The largest absolute Gasteiger partial charge is 0.268 e. The van der Waals surface area contributed by atoms with Gasteiger partial charge in [-0.2, -0.15) is 0 Å². The zero-order chi connectivity index (χ0) is 14.3. The number of hydrogen-bond donors (Lipinski definition) is 0. The summed E-state index contributed by atoms with van der Waals surface area (Å²) in [6.07, 6.45) is 0.633. The second-order valence-electron chi connectivity index (χ2n) is 6.03. The monoisotopic (exact) mass is 273 g/mol. The molecule has 0 aliphatic carbocycles. The molecule has 0 saturated heterocycles. The third-order valence-electron chi connectivity index (χ3n) is 2.93. The van der Waals surface area contributed by atoms with Crippen molar-refractivity contribution in [2.45, 2.75) is 48.0 Å². The lowest BCUT2D eigenvalue weighted by Crippen LogP contribution is -2.34. The van der Waals surface area contributed by atoms with E-state index >= 15 is 0 Å². The van der Waals surface area contributed by atoms with Crippen LogP contribution in [0.3, 0.4) is 0 Å². The Morgan fingerprint density at radius 1 is 1.22 bits per heavy atom. The highest BCUT2D eigenvalue weighted by Crippen LogP contribution is 2.42. The Morgan fingerprint density at radius 3 is 2.00 bits per heavy atom. The number of rotatable bonds is 3. The van der Waals surface area contributed by atoms with Crippen LogP contribution in [-0.4, -0.2) is 25.2 Å². The average Bonchev–Trinajstić information content (AvgIpc) is 2.37. The highest BCUT2D eigenvalue weighted by molar-refractivity contribution is 7.94. The molecule has 0 aromatic rings. The maximum absolute atomic E-state index is 12.5. The quantitative estimate of drug-likeness (QED) is 0.794. The van der Waals surface area contributed by atoms with Gasteiger partial charge in [0.25, 0.3) is 15.9 Å². The summed E-state index contributed by atoms with van der Waals surface area (Å²) in [5.74, 6) is -0.417. The van der Waals surface area contributed by atoms with E-state index in [2.05, 4.69) is 0 Å². The Kier molecular flexibility index (Phi) is 3.96. The number of hydrogen-bond acceptors (Lipinski definition) is 3. The summed E-state index contributed by atoms with van der Waals surface area (Å²) in [6, 6.07) is 0. The Balaban J connectivity index is 3.51. The lowest BCUT2D eigenvalue weighted by Gasteiger charge is -2.23. The lowest BCUT2D eigenvalue weighted by atomic mass is 9.89. The van der Waals surface area contributed by atoms with E-state index in [0.29, 0.717) is 16.9 Å². The molecule has 0 spiro atoms. The number of carbonyl (C=O) groups is 1. The van der Waals surface area contributed by atoms with Gasteiger partial charge in [-0.15, -0.1) is 0 Å². The van der Waals surface area contributed by atoms with Crippen molar-refractivity contribution in [2.75, 3.05) is 6.54 Å². The standard InChI is InChI=1S/C13H23NO3S/c1-7-8-14-12(15)10(9(2)3)11(13(4,5)6)18(14,16)17/h9H,7-8H2,1-6H3. The molecule has 0 bridgehead atoms. The molecule has 0 aromatic carbocycles. The van der Waals surface area contributed by atoms with E-state index in [1.54, 1.807) is 0 Å². The van der Waals surface area contributed by atoms with Gasteiger partial charge in [0, 0.05) is 17.5 Å². The minimum atomic E-state index is -3.63. The molecular formula is C13H23NO3S. The molecule has 4 nitrogen and oxygen atoms in total. The topological polar surface area (TPSA) is 54.5 Å². The van der Waals surface area contributed by atoms with Crippen molar-refractivity contribution in [1.29, 1.82) is 0 Å². The van der Waals surface area contributed by atoms with E-state index in [4.69, 9.17) is 0 Å². The molecule has 5 heteroatoms. The molecule has 1 amide bonds. The van der Waals surface area contributed by atoms with Crippen LogP contribution >= 0.6 is 0 Å². The maximum atomic E-state index is 12.5. The van der Waals surface area contributed by atoms with Gasteiger partial charge in [-0.05, 0) is 12.3 Å². The summed E-state index contributed by atoms with van der Waals surface area (Å²) in [7, 11) is -3.63. The van der Waals surface area contributed by atoms with Crippen molar-refractivity contribution in [3.05, 3.63) is 10.5 Å². The number of carbonyl (C=O) groups excluding carboxylic acids is 1. The SMILES string of the molecule is CCCN1C(=O)C(C(C)C)=C(C(C)(C)C)S1(=O)=O. The molecule has 1 heterocycles. The van der Waals surface area contributed by atoms with E-state index in [-0.39, 0.29) is 18.4 Å². The minimum Gasteiger partial charge on any atom is -0.268 e. The normalized spacial score (nSPS) is 20.2. The van der Waals surface area contributed by atoms with Gasteiger partial charge in [0.1, 0.15) is 0 Å². The van der Waals surface area contributed by atoms with Crippen molar-refractivity contribution in [2.24, 2.45) is 11.3 Å². The van der Waals surface area contributed by atoms with Crippen LogP contribution in [0.15, 0.2) is 10.5 Å². The van der Waals surface area contributed by atoms with Gasteiger partial charge < -0.3 is 0 Å². The van der Waals surface area contributed by atoms with Gasteiger partial charge >= 0.3 is 0 Å². The van der Waals surface area contributed by atoms with Crippen LogP contribution in [0.5, 0.6) is 0 Å². The second-order valence-corrected chi connectivity index (χ2v) is 7.83. The molecule has 1 rings (SSSR count). The van der Waals surface area contributed by atoms with Gasteiger partial charge in [-0.3, -0.25) is 4.79 Å². The summed E-state index contributed by atoms with van der Waals surface area (Å²) in [5.41, 5.74) is -0.0905. The molecular weight excluding hydrogens is 250 g/mol. The predicted molar refractivity (Wildman–Crippen MR) is 72.2 cm³/mol. The summed E-state index contributed by atoms with van der Waals surface area (Å²) < 4.78 is 26.0. The highest BCUT2D eigenvalue weighted by atomic mass is 32.2. The van der Waals surface area contributed by atoms with Gasteiger partial charge in [0.15, 0.2) is 0 Å². The summed E-state index contributed by atoms with van der Waals surface area (Å²) in [5, 5.41) is 0. The first-order chi connectivity index (χ1) is 8.05. The zero-order valence-electron chi connectivity index (χ0n) is 12.1. The third-order valence-corrected chi connectivity index (χ3v) is 5.21. The van der Waals surface area contributed by atoms with Crippen molar-refractivity contribution < 1.29 is 13.2 Å². The number of nitrogens with zero attached hydrogens (tertiary/aromatic N) is 1. The molecule has 1 aliphatic rings. The molecule has 0 saturated carbocycles. The third kappa shape index (κ3) is 2.32. The van der Waals surface area contributed by atoms with E-state index < -0.39 is 15.4 Å². The highest BCUT2D eigenvalue weighted by Gasteiger charge is 2.47. The fourth-order valence-corrected chi connectivity index (χ4v) is 4.65. The van der Waals surface area contributed by atoms with Crippen LogP contribution < -0.4 is 0 Å². The van der Waals surface area contributed by atoms with Gasteiger partial charge in [0.05, 0.1) is 4.91 Å². The maximum Gasteiger partial charge on any atom is 0.264 e. The molecule has 104 valence electrons. The summed E-state index contributed by atoms with van der Waals surface area (Å²) >= 11 is 0. The molecule has 1 aliphatic heterocycles. The van der Waals surface area contributed by atoms with E-state index in [9.17, 15) is 13.2 Å². The van der Waals surface area contributed by atoms with E-state index in [1.165, 1.54) is 0 Å². The van der Waals surface area contributed by atoms with E-state index in [0.717, 1.165) is 4.31 Å². The van der Waals surface area contributed by atoms with Crippen LogP contribution in [0, 0.1) is 11.3 Å². The molecule has 0 fully saturated rings. The first kappa shape index (κ1) is 15.2. The molecule has 0 atom stereocenters. The predicted octanol–water partition coefficient (Wildman–Crippen LogP) is 2.52. The van der Waals surface area contributed by atoms with Gasteiger partial charge in [-0.25, -0.2) is 12.7 Å². The molecule has 0 N–H and O–H groups in total. The zero-order valence-corrected chi connectivity index (χ0v) is 12.9. The average molecular weight is 273 g/mol. The molecule has 18 heavy (non-hydrogen) atoms. The van der Waals surface area contributed by atoms with Crippen molar-refractivity contribution in [3.8, 4) is 0 Å². The fraction of sp³-hybridized carbons (Fsp3) is 0.769. The number of amides is 1. The second kappa shape index (κ2) is 4.68. The van der Waals surface area contributed by atoms with Crippen molar-refractivity contribution >= 4 is 15.9 Å². The van der Waals surface area contributed by atoms with Crippen LogP contribution in [0.4, 0.5) is 0 Å². The van der Waals surface area contributed by atoms with Crippen molar-refractivity contribution in [3.63, 3.8) is 0 Å². The summed E-state index contributed by atoms with van der Waals surface area (Å²) in [4.78, 5) is 12.6. The smallest absolute Gasteiger partial charge is 0.264 e. The Hall–Kier alpha value is -0.840. The van der Waals surface area contributed by atoms with Gasteiger partial charge in [-0.1, -0.05) is 41.5 Å². The van der Waals surface area contributed by atoms with Crippen LogP contribution in [-0.2, 0) is 14.8 Å².